The molecule has 1 aromatic heterocycles. The summed E-state index contributed by atoms with van der Waals surface area (Å²) in [4.78, 5) is 12.2. The Balaban J connectivity index is 1.73. The van der Waals surface area contributed by atoms with Crippen LogP contribution in [0.3, 0.4) is 0 Å². The number of hydrogen-bond donors (Lipinski definition) is 3. The second-order valence-electron chi connectivity index (χ2n) is 5.57. The van der Waals surface area contributed by atoms with Gasteiger partial charge in [0.2, 0.25) is 5.91 Å². The molecule has 0 aromatic carbocycles. The van der Waals surface area contributed by atoms with Crippen molar-refractivity contribution in [2.24, 2.45) is 11.1 Å². The van der Waals surface area contributed by atoms with E-state index in [0.29, 0.717) is 13.1 Å². The SMILES string of the molecule is Cc1[nH]ncc1CCCNC(=O)C1(CN)CCCC1. The van der Waals surface area contributed by atoms with Crippen LogP contribution in [0.15, 0.2) is 6.20 Å². The lowest BCUT2D eigenvalue weighted by molar-refractivity contribution is -0.130. The van der Waals surface area contributed by atoms with Crippen LogP contribution in [0.25, 0.3) is 0 Å². The molecule has 1 aliphatic carbocycles. The zero-order chi connectivity index (χ0) is 13.7. The van der Waals surface area contributed by atoms with Crippen molar-refractivity contribution in [3.63, 3.8) is 0 Å². The summed E-state index contributed by atoms with van der Waals surface area (Å²) in [5.41, 5.74) is 7.85. The van der Waals surface area contributed by atoms with Crippen LogP contribution in [0, 0.1) is 12.3 Å². The van der Waals surface area contributed by atoms with Crippen molar-refractivity contribution in [2.75, 3.05) is 13.1 Å². The van der Waals surface area contributed by atoms with E-state index in [4.69, 9.17) is 5.73 Å². The number of nitrogens with two attached hydrogens (primary N) is 1. The number of rotatable bonds is 6. The fourth-order valence-electron chi connectivity index (χ4n) is 2.87. The van der Waals surface area contributed by atoms with Crippen LogP contribution in [0.1, 0.15) is 43.4 Å². The molecular formula is C14H24N4O. The quantitative estimate of drug-likeness (QED) is 0.677. The van der Waals surface area contributed by atoms with Gasteiger partial charge in [0.25, 0.3) is 0 Å². The molecule has 0 spiro atoms. The molecule has 1 aromatic rings. The minimum atomic E-state index is -0.286. The first-order valence-corrected chi connectivity index (χ1v) is 7.15. The second-order valence-corrected chi connectivity index (χ2v) is 5.57. The summed E-state index contributed by atoms with van der Waals surface area (Å²) in [5.74, 6) is 0.149. The van der Waals surface area contributed by atoms with E-state index >= 15 is 0 Å². The third-order valence-electron chi connectivity index (χ3n) is 4.28. The lowest BCUT2D eigenvalue weighted by atomic mass is 9.85. The van der Waals surface area contributed by atoms with Crippen molar-refractivity contribution < 1.29 is 4.79 Å². The third kappa shape index (κ3) is 3.15. The van der Waals surface area contributed by atoms with Gasteiger partial charge < -0.3 is 11.1 Å². The maximum absolute atomic E-state index is 12.2. The molecule has 19 heavy (non-hydrogen) atoms. The van der Waals surface area contributed by atoms with Crippen LogP contribution < -0.4 is 11.1 Å². The number of amides is 1. The Morgan fingerprint density at radius 3 is 2.84 bits per heavy atom. The molecule has 1 fully saturated rings. The number of aromatic amines is 1. The normalized spacial score (nSPS) is 17.6. The van der Waals surface area contributed by atoms with Crippen LogP contribution in [0.2, 0.25) is 0 Å². The van der Waals surface area contributed by atoms with E-state index in [9.17, 15) is 4.79 Å². The lowest BCUT2D eigenvalue weighted by Gasteiger charge is -2.25. The number of carbonyl (C=O) groups is 1. The number of carbonyl (C=O) groups excluding carboxylic acids is 1. The van der Waals surface area contributed by atoms with E-state index in [1.165, 1.54) is 5.56 Å². The van der Waals surface area contributed by atoms with Crippen molar-refractivity contribution in [1.82, 2.24) is 15.5 Å². The van der Waals surface area contributed by atoms with E-state index in [1.807, 2.05) is 13.1 Å². The summed E-state index contributed by atoms with van der Waals surface area (Å²) < 4.78 is 0. The summed E-state index contributed by atoms with van der Waals surface area (Å²) in [5, 5.41) is 9.97. The molecule has 0 radical (unpaired) electrons. The van der Waals surface area contributed by atoms with Crippen LogP contribution in [-0.2, 0) is 11.2 Å². The van der Waals surface area contributed by atoms with Crippen LogP contribution in [-0.4, -0.2) is 29.2 Å². The van der Waals surface area contributed by atoms with Gasteiger partial charge in [-0.1, -0.05) is 12.8 Å². The lowest BCUT2D eigenvalue weighted by Crippen LogP contribution is -2.44. The van der Waals surface area contributed by atoms with Crippen molar-refractivity contribution in [2.45, 2.75) is 45.4 Å². The molecule has 106 valence electrons. The van der Waals surface area contributed by atoms with Gasteiger partial charge in [-0.05, 0) is 38.2 Å². The first-order valence-electron chi connectivity index (χ1n) is 7.15. The summed E-state index contributed by atoms with van der Waals surface area (Å²) in [7, 11) is 0. The fourth-order valence-corrected chi connectivity index (χ4v) is 2.87. The number of H-pyrrole nitrogens is 1. The molecule has 0 saturated heterocycles. The molecule has 1 saturated carbocycles. The summed E-state index contributed by atoms with van der Waals surface area (Å²) >= 11 is 0. The predicted octanol–water partition coefficient (Wildman–Crippen LogP) is 1.29. The van der Waals surface area contributed by atoms with E-state index in [2.05, 4.69) is 15.5 Å². The zero-order valence-electron chi connectivity index (χ0n) is 11.7. The largest absolute Gasteiger partial charge is 0.356 e. The van der Waals surface area contributed by atoms with E-state index in [1.54, 1.807) is 0 Å². The molecule has 5 heteroatoms. The van der Waals surface area contributed by atoms with Crippen molar-refractivity contribution in [1.29, 1.82) is 0 Å². The van der Waals surface area contributed by atoms with E-state index < -0.39 is 0 Å². The third-order valence-corrected chi connectivity index (χ3v) is 4.28. The molecule has 1 heterocycles. The average molecular weight is 264 g/mol. The molecule has 1 aliphatic rings. The molecule has 0 bridgehead atoms. The molecule has 4 N–H and O–H groups in total. The molecule has 2 rings (SSSR count). The predicted molar refractivity (Wildman–Crippen MR) is 74.6 cm³/mol. The standard InChI is InChI=1S/C14H24N4O/c1-11-12(9-17-18-11)5-4-8-16-13(19)14(10-15)6-2-3-7-14/h9H,2-8,10,15H2,1H3,(H,16,19)(H,17,18). The molecular weight excluding hydrogens is 240 g/mol. The van der Waals surface area contributed by atoms with Gasteiger partial charge in [0.1, 0.15) is 0 Å². The monoisotopic (exact) mass is 264 g/mol. The van der Waals surface area contributed by atoms with Crippen molar-refractivity contribution >= 4 is 5.91 Å². The van der Waals surface area contributed by atoms with Gasteiger partial charge in [-0.3, -0.25) is 9.89 Å². The van der Waals surface area contributed by atoms with Crippen molar-refractivity contribution in [3.8, 4) is 0 Å². The van der Waals surface area contributed by atoms with E-state index in [-0.39, 0.29) is 11.3 Å². The molecule has 0 aliphatic heterocycles. The fraction of sp³-hybridized carbons (Fsp3) is 0.714. The highest BCUT2D eigenvalue weighted by atomic mass is 16.2. The number of nitrogens with one attached hydrogen (secondary N) is 2. The summed E-state index contributed by atoms with van der Waals surface area (Å²) in [6.45, 7) is 3.20. The molecule has 5 nitrogen and oxygen atoms in total. The Morgan fingerprint density at radius 2 is 2.26 bits per heavy atom. The van der Waals surface area contributed by atoms with Gasteiger partial charge in [0.15, 0.2) is 0 Å². The van der Waals surface area contributed by atoms with Gasteiger partial charge >= 0.3 is 0 Å². The Labute approximate surface area is 114 Å². The number of aromatic nitrogens is 2. The maximum atomic E-state index is 12.2. The number of nitrogens with zero attached hydrogens (tertiary/aromatic N) is 1. The van der Waals surface area contributed by atoms with Crippen LogP contribution >= 0.6 is 0 Å². The minimum absolute atomic E-state index is 0.149. The van der Waals surface area contributed by atoms with E-state index in [0.717, 1.165) is 44.2 Å². The maximum Gasteiger partial charge on any atom is 0.227 e. The summed E-state index contributed by atoms with van der Waals surface area (Å²) in [6, 6.07) is 0. The minimum Gasteiger partial charge on any atom is -0.356 e. The highest BCUT2D eigenvalue weighted by Crippen LogP contribution is 2.37. The Bertz CT molecular complexity index is 421. The molecule has 0 unspecified atom stereocenters. The summed E-state index contributed by atoms with van der Waals surface area (Å²) in [6.07, 6.45) is 7.87. The molecule has 0 atom stereocenters. The van der Waals surface area contributed by atoms with Crippen molar-refractivity contribution in [3.05, 3.63) is 17.5 Å². The zero-order valence-corrected chi connectivity index (χ0v) is 11.7. The first-order chi connectivity index (χ1) is 9.18. The van der Waals surface area contributed by atoms with Gasteiger partial charge in [-0.15, -0.1) is 0 Å². The Morgan fingerprint density at radius 1 is 1.53 bits per heavy atom. The Kier molecular flexibility index (Phi) is 4.58. The van der Waals surface area contributed by atoms with Gasteiger partial charge in [-0.25, -0.2) is 0 Å². The highest BCUT2D eigenvalue weighted by molar-refractivity contribution is 5.83. The highest BCUT2D eigenvalue weighted by Gasteiger charge is 2.39. The second kappa shape index (κ2) is 6.19. The van der Waals surface area contributed by atoms with Gasteiger partial charge in [-0.2, -0.15) is 5.10 Å². The number of aryl methyl sites for hydroxylation is 2. The van der Waals surface area contributed by atoms with Gasteiger partial charge in [0.05, 0.1) is 11.6 Å². The Hall–Kier alpha value is -1.36. The van der Waals surface area contributed by atoms with Gasteiger partial charge in [0, 0.05) is 18.8 Å². The average Bonchev–Trinajstić information content (AvgIpc) is 3.04. The number of hydrogen-bond acceptors (Lipinski definition) is 3. The smallest absolute Gasteiger partial charge is 0.227 e. The first kappa shape index (κ1) is 14.1. The molecule has 1 amide bonds. The van der Waals surface area contributed by atoms with Crippen LogP contribution in [0.5, 0.6) is 0 Å². The topological polar surface area (TPSA) is 83.8 Å². The van der Waals surface area contributed by atoms with Crippen LogP contribution in [0.4, 0.5) is 0 Å².